The van der Waals surface area contributed by atoms with Gasteiger partial charge in [-0.3, -0.25) is 0 Å². The first-order valence-corrected chi connectivity index (χ1v) is 5.77. The Kier molecular flexibility index (Phi) is 5.43. The third kappa shape index (κ3) is 4.06. The molecule has 0 saturated heterocycles. The van der Waals surface area contributed by atoms with Gasteiger partial charge in [-0.25, -0.2) is 0 Å². The Morgan fingerprint density at radius 2 is 2.27 bits per heavy atom. The Hall–Kier alpha value is -0.800. The zero-order valence-electron chi connectivity index (χ0n) is 9.74. The largest absolute Gasteiger partial charge is 0.396 e. The topological polar surface area (TPSA) is 37.2 Å². The van der Waals surface area contributed by atoms with Crippen LogP contribution < -0.4 is 5.32 Å². The molecule has 0 amide bonds. The van der Waals surface area contributed by atoms with Crippen LogP contribution in [0.3, 0.4) is 0 Å². The summed E-state index contributed by atoms with van der Waals surface area (Å²) < 4.78 is 2.19. The van der Waals surface area contributed by atoms with E-state index in [9.17, 15) is 0 Å². The third-order valence-electron chi connectivity index (χ3n) is 2.61. The third-order valence-corrected chi connectivity index (χ3v) is 2.61. The van der Waals surface area contributed by atoms with Gasteiger partial charge in [0.15, 0.2) is 0 Å². The van der Waals surface area contributed by atoms with Gasteiger partial charge < -0.3 is 15.0 Å². The highest BCUT2D eigenvalue weighted by molar-refractivity contribution is 5.14. The Bertz CT molecular complexity index is 270. The van der Waals surface area contributed by atoms with Gasteiger partial charge in [-0.15, -0.1) is 0 Å². The van der Waals surface area contributed by atoms with Crippen molar-refractivity contribution in [2.75, 3.05) is 13.2 Å². The minimum Gasteiger partial charge on any atom is -0.396 e. The van der Waals surface area contributed by atoms with E-state index in [0.717, 1.165) is 25.9 Å². The first kappa shape index (κ1) is 12.3. The molecule has 1 heterocycles. The van der Waals surface area contributed by atoms with Crippen LogP contribution in [0.5, 0.6) is 0 Å². The van der Waals surface area contributed by atoms with E-state index < -0.39 is 0 Å². The van der Waals surface area contributed by atoms with E-state index in [1.165, 1.54) is 5.56 Å². The molecule has 2 N–H and O–H groups in total. The maximum atomic E-state index is 8.69. The van der Waals surface area contributed by atoms with Gasteiger partial charge in [-0.1, -0.05) is 6.92 Å². The van der Waals surface area contributed by atoms with Crippen molar-refractivity contribution < 1.29 is 5.11 Å². The number of aliphatic hydroxyl groups excluding tert-OH is 1. The minimum absolute atomic E-state index is 0.294. The maximum Gasteiger partial charge on any atom is 0.0431 e. The summed E-state index contributed by atoms with van der Waals surface area (Å²) in [5, 5.41) is 12.1. The Labute approximate surface area is 92.1 Å². The number of aliphatic hydroxyl groups is 1. The molecule has 1 aromatic rings. The number of nitrogens with one attached hydrogen (secondary N) is 1. The molecule has 0 aromatic carbocycles. The lowest BCUT2D eigenvalue weighted by Crippen LogP contribution is -2.17. The van der Waals surface area contributed by atoms with Gasteiger partial charge in [0.25, 0.3) is 0 Å². The van der Waals surface area contributed by atoms with Gasteiger partial charge in [-0.05, 0) is 37.9 Å². The lowest BCUT2D eigenvalue weighted by atomic mass is 10.2. The molecule has 3 heteroatoms. The van der Waals surface area contributed by atoms with Crippen LogP contribution in [0.1, 0.15) is 38.3 Å². The van der Waals surface area contributed by atoms with Crippen molar-refractivity contribution in [3.8, 4) is 0 Å². The predicted octanol–water partition coefficient (Wildman–Crippen LogP) is 1.93. The number of hydrogen-bond acceptors (Lipinski definition) is 2. The van der Waals surface area contributed by atoms with E-state index in [2.05, 4.69) is 42.2 Å². The molecule has 0 aliphatic heterocycles. The molecule has 1 atom stereocenters. The molecule has 0 bridgehead atoms. The molecule has 3 nitrogen and oxygen atoms in total. The second-order valence-electron chi connectivity index (χ2n) is 3.89. The van der Waals surface area contributed by atoms with Crippen LogP contribution >= 0.6 is 0 Å². The molecular formula is C12H22N2O. The second kappa shape index (κ2) is 6.64. The van der Waals surface area contributed by atoms with E-state index in [0.29, 0.717) is 12.6 Å². The van der Waals surface area contributed by atoms with Crippen molar-refractivity contribution in [2.45, 2.75) is 39.3 Å². The van der Waals surface area contributed by atoms with E-state index >= 15 is 0 Å². The van der Waals surface area contributed by atoms with Gasteiger partial charge in [0, 0.05) is 31.6 Å². The molecule has 1 aromatic heterocycles. The maximum absolute atomic E-state index is 8.69. The van der Waals surface area contributed by atoms with Crippen molar-refractivity contribution >= 4 is 0 Å². The van der Waals surface area contributed by atoms with Crippen LogP contribution in [-0.4, -0.2) is 22.8 Å². The van der Waals surface area contributed by atoms with Gasteiger partial charge >= 0.3 is 0 Å². The fourth-order valence-corrected chi connectivity index (χ4v) is 1.68. The quantitative estimate of drug-likeness (QED) is 0.675. The highest BCUT2D eigenvalue weighted by atomic mass is 16.2. The average Bonchev–Trinajstić information content (AvgIpc) is 2.67. The predicted molar refractivity (Wildman–Crippen MR) is 62.8 cm³/mol. The van der Waals surface area contributed by atoms with E-state index in [1.807, 2.05) is 0 Å². The number of unbranched alkanes of at least 4 members (excludes halogenated alkanes) is 1. The van der Waals surface area contributed by atoms with E-state index in [1.54, 1.807) is 0 Å². The molecule has 0 aliphatic rings. The molecule has 0 saturated carbocycles. The fourth-order valence-electron chi connectivity index (χ4n) is 1.68. The van der Waals surface area contributed by atoms with Crippen LogP contribution in [-0.2, 0) is 6.54 Å². The SMILES string of the molecule is CCNC(C)c1ccn(CCCCO)c1. The monoisotopic (exact) mass is 210 g/mol. The van der Waals surface area contributed by atoms with Crippen molar-refractivity contribution in [2.24, 2.45) is 0 Å². The van der Waals surface area contributed by atoms with Crippen molar-refractivity contribution in [1.29, 1.82) is 0 Å². The fraction of sp³-hybridized carbons (Fsp3) is 0.667. The standard InChI is InChI=1S/C12H22N2O/c1-3-13-11(2)12-6-8-14(10-12)7-4-5-9-15/h6,8,10-11,13,15H,3-5,7,9H2,1-2H3. The molecule has 0 spiro atoms. The molecule has 86 valence electrons. The summed E-state index contributed by atoms with van der Waals surface area (Å²) in [6, 6.07) is 2.58. The molecular weight excluding hydrogens is 188 g/mol. The molecule has 0 radical (unpaired) electrons. The summed E-state index contributed by atoms with van der Waals surface area (Å²) in [4.78, 5) is 0. The van der Waals surface area contributed by atoms with Crippen LogP contribution in [0.15, 0.2) is 18.5 Å². The van der Waals surface area contributed by atoms with Crippen molar-refractivity contribution in [3.63, 3.8) is 0 Å². The molecule has 1 unspecified atom stereocenters. The lowest BCUT2D eigenvalue weighted by molar-refractivity contribution is 0.281. The number of aromatic nitrogens is 1. The van der Waals surface area contributed by atoms with E-state index in [4.69, 9.17) is 5.11 Å². The summed E-state index contributed by atoms with van der Waals surface area (Å²) >= 11 is 0. The molecule has 1 rings (SSSR count). The van der Waals surface area contributed by atoms with Gasteiger partial charge in [-0.2, -0.15) is 0 Å². The highest BCUT2D eigenvalue weighted by Crippen LogP contribution is 2.12. The van der Waals surface area contributed by atoms with Gasteiger partial charge in [0.2, 0.25) is 0 Å². The minimum atomic E-state index is 0.294. The molecule has 0 fully saturated rings. The second-order valence-corrected chi connectivity index (χ2v) is 3.89. The molecule has 15 heavy (non-hydrogen) atoms. The Balaban J connectivity index is 2.41. The Morgan fingerprint density at radius 3 is 2.93 bits per heavy atom. The van der Waals surface area contributed by atoms with Gasteiger partial charge in [0.05, 0.1) is 0 Å². The number of rotatable bonds is 7. The number of hydrogen-bond donors (Lipinski definition) is 2. The molecule has 0 aliphatic carbocycles. The smallest absolute Gasteiger partial charge is 0.0431 e. The van der Waals surface area contributed by atoms with Crippen LogP contribution in [0.25, 0.3) is 0 Å². The first-order valence-electron chi connectivity index (χ1n) is 5.77. The number of nitrogens with zero attached hydrogens (tertiary/aromatic N) is 1. The van der Waals surface area contributed by atoms with Gasteiger partial charge in [0.1, 0.15) is 0 Å². The van der Waals surface area contributed by atoms with Crippen LogP contribution in [0.2, 0.25) is 0 Å². The van der Waals surface area contributed by atoms with Crippen LogP contribution in [0, 0.1) is 0 Å². The highest BCUT2D eigenvalue weighted by Gasteiger charge is 2.04. The number of aryl methyl sites for hydroxylation is 1. The lowest BCUT2D eigenvalue weighted by Gasteiger charge is -2.09. The average molecular weight is 210 g/mol. The first-order chi connectivity index (χ1) is 7.27. The summed E-state index contributed by atoms with van der Waals surface area (Å²) in [5.74, 6) is 0. The van der Waals surface area contributed by atoms with Crippen molar-refractivity contribution in [3.05, 3.63) is 24.0 Å². The van der Waals surface area contributed by atoms with E-state index in [-0.39, 0.29) is 0 Å². The zero-order chi connectivity index (χ0) is 11.1. The summed E-state index contributed by atoms with van der Waals surface area (Å²) in [6.45, 7) is 6.59. The van der Waals surface area contributed by atoms with Crippen LogP contribution in [0.4, 0.5) is 0 Å². The summed E-state index contributed by atoms with van der Waals surface area (Å²) in [5.41, 5.74) is 1.33. The van der Waals surface area contributed by atoms with Crippen molar-refractivity contribution in [1.82, 2.24) is 9.88 Å². The summed E-state index contributed by atoms with van der Waals surface area (Å²) in [6.07, 6.45) is 6.22. The zero-order valence-corrected chi connectivity index (χ0v) is 9.74. The Morgan fingerprint density at radius 1 is 1.47 bits per heavy atom. The summed E-state index contributed by atoms with van der Waals surface area (Å²) in [7, 11) is 0. The normalized spacial score (nSPS) is 13.0.